The molecule has 0 saturated carbocycles. The number of hydrogen-bond acceptors (Lipinski definition) is 4. The van der Waals surface area contributed by atoms with E-state index in [0.29, 0.717) is 29.5 Å². The van der Waals surface area contributed by atoms with Crippen molar-refractivity contribution in [2.24, 2.45) is 0 Å². The molecule has 27 heavy (non-hydrogen) atoms. The Kier molecular flexibility index (Phi) is 6.71. The summed E-state index contributed by atoms with van der Waals surface area (Å²) in [6.45, 7) is 4.06. The summed E-state index contributed by atoms with van der Waals surface area (Å²) in [5.41, 5.74) is 2.92. The SMILES string of the molecule is CCOC(=O)c1c(NC(=O)[C@H](Br)CC)sc2c1CC[C@@H](c1ccccc1)C2. The molecule has 0 saturated heterocycles. The first-order valence-electron chi connectivity index (χ1n) is 9.36. The Morgan fingerprint density at radius 1 is 1.30 bits per heavy atom. The molecule has 1 amide bonds. The zero-order valence-electron chi connectivity index (χ0n) is 15.6. The quantitative estimate of drug-likeness (QED) is 0.480. The molecule has 0 spiro atoms. The summed E-state index contributed by atoms with van der Waals surface area (Å²) in [7, 11) is 0. The summed E-state index contributed by atoms with van der Waals surface area (Å²) in [4.78, 5) is 25.9. The van der Waals surface area contributed by atoms with Crippen LogP contribution in [0, 0.1) is 0 Å². The van der Waals surface area contributed by atoms with E-state index in [-0.39, 0.29) is 16.7 Å². The van der Waals surface area contributed by atoms with E-state index in [1.54, 1.807) is 6.92 Å². The zero-order valence-corrected chi connectivity index (χ0v) is 18.0. The van der Waals surface area contributed by atoms with Crippen LogP contribution in [0.2, 0.25) is 0 Å². The van der Waals surface area contributed by atoms with Gasteiger partial charge in [-0.25, -0.2) is 4.79 Å². The Labute approximate surface area is 172 Å². The first kappa shape index (κ1) is 20.1. The van der Waals surface area contributed by atoms with Crippen molar-refractivity contribution in [1.29, 1.82) is 0 Å². The maximum absolute atomic E-state index is 12.6. The molecule has 2 aromatic rings. The molecule has 1 N–H and O–H groups in total. The second-order valence-corrected chi connectivity index (χ2v) is 8.85. The van der Waals surface area contributed by atoms with Gasteiger partial charge in [0, 0.05) is 4.88 Å². The molecule has 1 aliphatic rings. The fourth-order valence-corrected chi connectivity index (χ4v) is 4.91. The average molecular weight is 450 g/mol. The van der Waals surface area contributed by atoms with Gasteiger partial charge in [0.25, 0.3) is 0 Å². The summed E-state index contributed by atoms with van der Waals surface area (Å²) in [5, 5.41) is 3.56. The molecule has 144 valence electrons. The van der Waals surface area contributed by atoms with Crippen LogP contribution in [0.3, 0.4) is 0 Å². The van der Waals surface area contributed by atoms with Gasteiger partial charge in [-0.3, -0.25) is 4.79 Å². The zero-order chi connectivity index (χ0) is 19.4. The number of rotatable bonds is 6. The van der Waals surface area contributed by atoms with Gasteiger partial charge in [-0.1, -0.05) is 53.2 Å². The molecular weight excluding hydrogens is 426 g/mol. The third kappa shape index (κ3) is 4.43. The number of thiophene rings is 1. The lowest BCUT2D eigenvalue weighted by atomic mass is 9.83. The molecule has 2 atom stereocenters. The number of fused-ring (bicyclic) bond motifs is 1. The van der Waals surface area contributed by atoms with Crippen LogP contribution in [0.5, 0.6) is 0 Å². The van der Waals surface area contributed by atoms with Crippen molar-refractivity contribution in [2.75, 3.05) is 11.9 Å². The van der Waals surface area contributed by atoms with E-state index in [2.05, 4.69) is 45.5 Å². The minimum atomic E-state index is -0.342. The predicted molar refractivity (Wildman–Crippen MR) is 113 cm³/mol. The van der Waals surface area contributed by atoms with Crippen molar-refractivity contribution in [2.45, 2.75) is 50.3 Å². The molecule has 1 heterocycles. The Morgan fingerprint density at radius 2 is 2.04 bits per heavy atom. The first-order chi connectivity index (χ1) is 13.0. The Balaban J connectivity index is 1.92. The van der Waals surface area contributed by atoms with Gasteiger partial charge in [-0.15, -0.1) is 11.3 Å². The smallest absolute Gasteiger partial charge is 0.341 e. The van der Waals surface area contributed by atoms with Crippen LogP contribution in [0.15, 0.2) is 30.3 Å². The van der Waals surface area contributed by atoms with Crippen LogP contribution < -0.4 is 5.32 Å². The van der Waals surface area contributed by atoms with Crippen LogP contribution in [0.4, 0.5) is 5.00 Å². The van der Waals surface area contributed by atoms with Crippen LogP contribution in [0.25, 0.3) is 0 Å². The highest BCUT2D eigenvalue weighted by molar-refractivity contribution is 9.10. The number of amides is 1. The first-order valence-corrected chi connectivity index (χ1v) is 11.1. The minimum Gasteiger partial charge on any atom is -0.462 e. The van der Waals surface area contributed by atoms with Crippen LogP contribution in [0.1, 0.15) is 59.0 Å². The van der Waals surface area contributed by atoms with Crippen molar-refractivity contribution in [3.8, 4) is 0 Å². The van der Waals surface area contributed by atoms with Gasteiger partial charge in [0.2, 0.25) is 5.91 Å². The maximum Gasteiger partial charge on any atom is 0.341 e. The fraction of sp³-hybridized carbons (Fsp3) is 0.429. The summed E-state index contributed by atoms with van der Waals surface area (Å²) in [6, 6.07) is 10.5. The summed E-state index contributed by atoms with van der Waals surface area (Å²) >= 11 is 4.90. The van der Waals surface area contributed by atoms with Crippen molar-refractivity contribution in [3.63, 3.8) is 0 Å². The monoisotopic (exact) mass is 449 g/mol. The number of hydrogen-bond donors (Lipinski definition) is 1. The number of nitrogens with one attached hydrogen (secondary N) is 1. The molecule has 1 aromatic carbocycles. The number of carbonyl (C=O) groups excluding carboxylic acids is 2. The maximum atomic E-state index is 12.6. The minimum absolute atomic E-state index is 0.124. The van der Waals surface area contributed by atoms with E-state index < -0.39 is 0 Å². The standard InChI is InChI=1S/C21H24BrNO3S/c1-3-16(22)19(24)23-20-18(21(25)26-4-2)15-11-10-14(12-17(15)27-20)13-8-6-5-7-9-13/h5-9,14,16H,3-4,10-12H2,1-2H3,(H,23,24)/t14-,16-/m1/s1. The third-order valence-electron chi connectivity index (χ3n) is 4.90. The summed E-state index contributed by atoms with van der Waals surface area (Å²) in [6.07, 6.45) is 3.38. The molecule has 0 aliphatic heterocycles. The number of ether oxygens (including phenoxy) is 1. The summed E-state index contributed by atoms with van der Waals surface area (Å²) < 4.78 is 5.28. The van der Waals surface area contributed by atoms with Gasteiger partial charge in [0.05, 0.1) is 17.0 Å². The second-order valence-electron chi connectivity index (χ2n) is 6.64. The molecule has 0 unspecified atom stereocenters. The van der Waals surface area contributed by atoms with Crippen molar-refractivity contribution < 1.29 is 14.3 Å². The van der Waals surface area contributed by atoms with Crippen molar-refractivity contribution in [1.82, 2.24) is 0 Å². The predicted octanol–water partition coefficient (Wildman–Crippen LogP) is 5.31. The number of carbonyl (C=O) groups is 2. The summed E-state index contributed by atoms with van der Waals surface area (Å²) in [5.74, 6) is -0.0251. The van der Waals surface area contributed by atoms with Gasteiger partial charge in [0.1, 0.15) is 5.00 Å². The van der Waals surface area contributed by atoms with Gasteiger partial charge >= 0.3 is 5.97 Å². The Hall–Kier alpha value is -1.66. The van der Waals surface area contributed by atoms with E-state index in [0.717, 1.165) is 24.8 Å². The van der Waals surface area contributed by atoms with Gasteiger partial charge < -0.3 is 10.1 Å². The number of halogens is 1. The molecular formula is C21H24BrNO3S. The van der Waals surface area contributed by atoms with E-state index in [9.17, 15) is 9.59 Å². The highest BCUT2D eigenvalue weighted by atomic mass is 79.9. The highest BCUT2D eigenvalue weighted by Gasteiger charge is 2.31. The molecule has 1 aromatic heterocycles. The number of benzene rings is 1. The van der Waals surface area contributed by atoms with E-state index in [1.807, 2.05) is 13.0 Å². The van der Waals surface area contributed by atoms with Gasteiger partial charge in [0.15, 0.2) is 0 Å². The average Bonchev–Trinajstić information content (AvgIpc) is 3.05. The lowest BCUT2D eigenvalue weighted by molar-refractivity contribution is -0.115. The fourth-order valence-electron chi connectivity index (χ4n) is 3.48. The molecule has 0 fully saturated rings. The molecule has 4 nitrogen and oxygen atoms in total. The van der Waals surface area contributed by atoms with E-state index in [4.69, 9.17) is 4.74 Å². The topological polar surface area (TPSA) is 55.4 Å². The molecule has 6 heteroatoms. The molecule has 0 bridgehead atoms. The van der Waals surface area contributed by atoms with Crippen LogP contribution >= 0.6 is 27.3 Å². The Bertz CT molecular complexity index is 818. The molecule has 3 rings (SSSR count). The highest BCUT2D eigenvalue weighted by Crippen LogP contribution is 2.43. The van der Waals surface area contributed by atoms with Crippen molar-refractivity contribution in [3.05, 3.63) is 51.9 Å². The lowest BCUT2D eigenvalue weighted by Crippen LogP contribution is -2.23. The lowest BCUT2D eigenvalue weighted by Gasteiger charge is -2.23. The Morgan fingerprint density at radius 3 is 2.70 bits per heavy atom. The molecule has 1 aliphatic carbocycles. The van der Waals surface area contributed by atoms with Gasteiger partial charge in [-0.05, 0) is 49.7 Å². The normalized spacial score (nSPS) is 17.1. The number of esters is 1. The number of anilines is 1. The van der Waals surface area contributed by atoms with Crippen LogP contribution in [-0.4, -0.2) is 23.3 Å². The second kappa shape index (κ2) is 9.02. The van der Waals surface area contributed by atoms with Gasteiger partial charge in [-0.2, -0.15) is 0 Å². The third-order valence-corrected chi connectivity index (χ3v) is 7.13. The van der Waals surface area contributed by atoms with Crippen molar-refractivity contribution >= 4 is 44.1 Å². The van der Waals surface area contributed by atoms with E-state index in [1.165, 1.54) is 21.8 Å². The molecule has 0 radical (unpaired) electrons. The van der Waals surface area contributed by atoms with E-state index >= 15 is 0 Å². The van der Waals surface area contributed by atoms with Crippen LogP contribution in [-0.2, 0) is 22.4 Å². The number of alkyl halides is 1. The largest absolute Gasteiger partial charge is 0.462 e.